The van der Waals surface area contributed by atoms with E-state index in [1.807, 2.05) is 16.0 Å². The second-order valence-corrected chi connectivity index (χ2v) is 20.1. The molecule has 0 fully saturated rings. The first-order valence-electron chi connectivity index (χ1n) is 26.2. The highest BCUT2D eigenvalue weighted by Gasteiger charge is 2.36. The molecule has 1 aromatic carbocycles. The van der Waals surface area contributed by atoms with Crippen LogP contribution in [0.5, 0.6) is 0 Å². The lowest BCUT2D eigenvalue weighted by atomic mass is 10.0. The van der Waals surface area contributed by atoms with Gasteiger partial charge in [-0.1, -0.05) is 58.0 Å². The molecule has 0 aliphatic carbocycles. The van der Waals surface area contributed by atoms with Crippen molar-refractivity contribution in [1.82, 2.24) is 47.9 Å². The summed E-state index contributed by atoms with van der Waals surface area (Å²) in [7, 11) is 0. The Morgan fingerprint density at radius 1 is 0.464 bits per heavy atom. The first-order valence-corrected chi connectivity index (χ1v) is 26.2. The van der Waals surface area contributed by atoms with Crippen LogP contribution in [0, 0.1) is 11.8 Å². The van der Waals surface area contributed by atoms with Crippen LogP contribution in [0.25, 0.3) is 0 Å². The minimum Gasteiger partial charge on any atom is -0.481 e. The van der Waals surface area contributed by atoms with Crippen LogP contribution in [0.3, 0.4) is 0 Å². The minimum absolute atomic E-state index is 0.0178. The van der Waals surface area contributed by atoms with Gasteiger partial charge in [-0.15, -0.1) is 0 Å². The number of carbonyl (C=O) groups is 15. The van der Waals surface area contributed by atoms with Crippen LogP contribution in [0.2, 0.25) is 0 Å². The molecule has 0 saturated carbocycles. The Morgan fingerprint density at radius 2 is 0.869 bits per heavy atom. The number of aliphatic carboxylic acids is 4. The van der Waals surface area contributed by atoms with Gasteiger partial charge in [-0.05, 0) is 49.5 Å². The van der Waals surface area contributed by atoms with Crippen molar-refractivity contribution in [1.29, 1.82) is 0 Å². The molecule has 1 rings (SSSR count). The van der Waals surface area contributed by atoms with Crippen molar-refractivity contribution >= 4 is 94.8 Å². The highest BCUT2D eigenvalue weighted by Crippen LogP contribution is 2.12. The lowest BCUT2D eigenvalue weighted by Gasteiger charge is -2.26. The van der Waals surface area contributed by atoms with Gasteiger partial charge in [-0.2, -0.15) is 0 Å². The topological polar surface area (TPSA) is 588 Å². The molecule has 0 saturated heterocycles. The van der Waals surface area contributed by atoms with Crippen molar-refractivity contribution in [3.8, 4) is 0 Å². The number of carboxylic acid groups (broad SMARTS) is 4. The third-order valence-corrected chi connectivity index (χ3v) is 11.7. The summed E-state index contributed by atoms with van der Waals surface area (Å²) in [6.07, 6.45) is -5.59. The highest BCUT2D eigenvalue weighted by molar-refractivity contribution is 6.00. The Bertz CT molecular complexity index is 2560. The summed E-state index contributed by atoms with van der Waals surface area (Å²) >= 11 is 0. The van der Waals surface area contributed by atoms with E-state index in [0.29, 0.717) is 5.56 Å². The first kappa shape index (κ1) is 72.5. The number of nitrogens with one attached hydrogen (secondary N) is 9. The smallest absolute Gasteiger partial charge is 0.326 e. The quantitative estimate of drug-likeness (QED) is 0.0165. The van der Waals surface area contributed by atoms with Gasteiger partial charge < -0.3 is 96.9 Å². The van der Waals surface area contributed by atoms with E-state index in [-0.39, 0.29) is 56.4 Å². The maximum Gasteiger partial charge on any atom is 0.326 e. The van der Waals surface area contributed by atoms with Gasteiger partial charge in [0, 0.05) is 19.4 Å². The normalized spacial score (nSPS) is 14.1. The number of hydrogen-bond donors (Lipinski definition) is 18. The van der Waals surface area contributed by atoms with Crippen LogP contribution in [-0.2, 0) is 78.3 Å². The monoisotopic (exact) mass is 1190 g/mol. The largest absolute Gasteiger partial charge is 0.481 e. The van der Waals surface area contributed by atoms with Crippen LogP contribution < -0.4 is 76.5 Å². The van der Waals surface area contributed by atoms with Gasteiger partial charge >= 0.3 is 23.9 Å². The molecule has 0 spiro atoms. The third kappa shape index (κ3) is 29.8. The molecule has 23 N–H and O–H groups in total. The van der Waals surface area contributed by atoms with E-state index < -0.39 is 188 Å². The molecule has 0 radical (unpaired) electrons. The number of carbonyl (C=O) groups excluding carboxylic acids is 11. The number of hydrogen-bond acceptors (Lipinski definition) is 17. The molecular formula is C50H77N15O19. The van der Waals surface area contributed by atoms with Crippen molar-refractivity contribution in [3.05, 3.63) is 35.9 Å². The van der Waals surface area contributed by atoms with Gasteiger partial charge in [0.2, 0.25) is 65.0 Å². The van der Waals surface area contributed by atoms with Gasteiger partial charge in [0.15, 0.2) is 5.96 Å². The summed E-state index contributed by atoms with van der Waals surface area (Å²) in [5, 5.41) is 58.2. The summed E-state index contributed by atoms with van der Waals surface area (Å²) in [5.74, 6) is -20.3. The number of benzene rings is 1. The Morgan fingerprint density at radius 3 is 1.32 bits per heavy atom. The number of carboxylic acids is 4. The Balaban J connectivity index is 3.39. The highest BCUT2D eigenvalue weighted by atomic mass is 16.4. The lowest BCUT2D eigenvalue weighted by Crippen LogP contribution is -2.60. The Labute approximate surface area is 481 Å². The maximum absolute atomic E-state index is 13.9. The van der Waals surface area contributed by atoms with E-state index in [4.69, 9.17) is 28.7 Å². The molecule has 84 heavy (non-hydrogen) atoms. The molecule has 0 unspecified atom stereocenters. The fraction of sp³-hybridized carbons (Fsp3) is 0.560. The summed E-state index contributed by atoms with van der Waals surface area (Å²) in [6, 6.07) is -7.65. The molecule has 9 atom stereocenters. The fourth-order valence-corrected chi connectivity index (χ4v) is 7.67. The molecule has 11 amide bonds. The molecule has 0 heterocycles. The summed E-state index contributed by atoms with van der Waals surface area (Å²) in [6.45, 7) is 5.72. The van der Waals surface area contributed by atoms with E-state index in [2.05, 4.69) is 36.9 Å². The Hall–Kier alpha value is -9.50. The molecular weight excluding hydrogens is 1110 g/mol. The van der Waals surface area contributed by atoms with Gasteiger partial charge in [-0.3, -0.25) is 72.1 Å². The summed E-state index contributed by atoms with van der Waals surface area (Å²) < 4.78 is 0. The lowest BCUT2D eigenvalue weighted by molar-refractivity contribution is -0.144. The molecule has 0 bridgehead atoms. The number of primary amides is 2. The average Bonchev–Trinajstić information content (AvgIpc) is 3.48. The van der Waals surface area contributed by atoms with Crippen molar-refractivity contribution < 1.29 is 92.3 Å². The zero-order chi connectivity index (χ0) is 64.0. The number of nitrogens with two attached hydrogens (primary N) is 5. The minimum atomic E-state index is -2.21. The van der Waals surface area contributed by atoms with Crippen molar-refractivity contribution in [2.75, 3.05) is 13.1 Å². The number of rotatable bonds is 40. The van der Waals surface area contributed by atoms with E-state index in [9.17, 15) is 92.3 Å². The SMILES string of the molecule is CC(C)C[C@H](NC(=O)[C@H](CCC(N)=O)NC(=O)[C@H](Cc1ccccc1)NC(=O)[C@H](CC(N)=O)NC(=O)CNC(=O)[C@H](CC(=O)O)NC(=O)[C@H](CC(=O)O)NC(=O)[C@H](CC(=O)O)NC(=O)[C@H](CC(C)C)NC(=O)[C@@H](N)CCCN=C(N)N)C(=O)O. The second kappa shape index (κ2) is 36.8. The second-order valence-electron chi connectivity index (χ2n) is 20.1. The third-order valence-electron chi connectivity index (χ3n) is 11.7. The van der Waals surface area contributed by atoms with Crippen molar-refractivity contribution in [3.63, 3.8) is 0 Å². The number of amides is 11. The molecule has 466 valence electrons. The van der Waals surface area contributed by atoms with Crippen LogP contribution in [0.1, 0.15) is 97.5 Å². The maximum atomic E-state index is 13.9. The zero-order valence-electron chi connectivity index (χ0n) is 46.7. The summed E-state index contributed by atoms with van der Waals surface area (Å²) in [5.41, 5.74) is 27.6. The van der Waals surface area contributed by atoms with Crippen LogP contribution in [0.15, 0.2) is 35.3 Å². The standard InChI is InChI=1S/C50H77N15O19/c1-23(2)15-28(60-41(75)26(51)11-8-14-56-50(54)55)44(78)63-33(21-40(73)74)48(82)64-32(20-39(71)72)47(81)62-31(19-38(69)70)42(76)57-22-37(68)58-30(18-36(53)67)46(80)61-29(17-25-9-6-5-7-10-25)45(79)59-27(12-13-35(52)66)43(77)65-34(49(83)84)16-24(3)4/h5-7,9-10,23-24,26-34H,8,11-22,51H2,1-4H3,(H2,52,66)(H2,53,67)(H,57,76)(H,58,68)(H,59,79)(H,60,75)(H,61,80)(H,62,81)(H,63,78)(H,64,82)(H,65,77)(H,69,70)(H,71,72)(H,73,74)(H,83,84)(H4,54,55,56)/t26-,27-,28-,29-,30-,31-,32-,33-,34-/m0/s1. The van der Waals surface area contributed by atoms with Crippen LogP contribution in [0.4, 0.5) is 0 Å². The van der Waals surface area contributed by atoms with E-state index in [0.717, 1.165) is 0 Å². The summed E-state index contributed by atoms with van der Waals surface area (Å²) in [4.78, 5) is 197. The Kier molecular flexibility index (Phi) is 31.7. The van der Waals surface area contributed by atoms with Crippen molar-refractivity contribution in [2.45, 2.75) is 153 Å². The van der Waals surface area contributed by atoms with E-state index in [1.165, 1.54) is 0 Å². The number of nitrogens with zero attached hydrogens (tertiary/aromatic N) is 1. The van der Waals surface area contributed by atoms with Gasteiger partial charge in [0.05, 0.1) is 38.3 Å². The molecule has 0 aliphatic heterocycles. The predicted octanol–water partition coefficient (Wildman–Crippen LogP) is -6.65. The van der Waals surface area contributed by atoms with Gasteiger partial charge in [0.1, 0.15) is 48.3 Å². The van der Waals surface area contributed by atoms with Gasteiger partial charge in [-0.25, -0.2) is 4.79 Å². The average molecular weight is 1190 g/mol. The number of aliphatic imine (C=N–C) groups is 1. The molecule has 0 aromatic heterocycles. The molecule has 34 nitrogen and oxygen atoms in total. The van der Waals surface area contributed by atoms with Gasteiger partial charge in [0.25, 0.3) is 0 Å². The van der Waals surface area contributed by atoms with Crippen LogP contribution in [-0.4, -0.2) is 183 Å². The fourth-order valence-electron chi connectivity index (χ4n) is 7.67. The number of guanidine groups is 1. The predicted molar refractivity (Wildman–Crippen MR) is 292 cm³/mol. The zero-order valence-corrected chi connectivity index (χ0v) is 46.7. The van der Waals surface area contributed by atoms with Crippen molar-refractivity contribution in [2.24, 2.45) is 45.5 Å². The molecule has 1 aromatic rings. The molecule has 34 heteroatoms. The molecule has 0 aliphatic rings. The first-order chi connectivity index (χ1) is 39.2. The van der Waals surface area contributed by atoms with E-state index >= 15 is 0 Å². The van der Waals surface area contributed by atoms with Crippen LogP contribution >= 0.6 is 0 Å². The van der Waals surface area contributed by atoms with E-state index in [1.54, 1.807) is 58.0 Å².